The fraction of sp³-hybridized carbons (Fsp3) is 0.208. The van der Waals surface area contributed by atoms with E-state index in [1.54, 1.807) is 30.3 Å². The average molecular weight is 452 g/mol. The van der Waals surface area contributed by atoms with E-state index in [4.69, 9.17) is 5.73 Å². The zero-order chi connectivity index (χ0) is 23.5. The molecule has 9 heteroatoms. The van der Waals surface area contributed by atoms with Crippen LogP contribution in [0.5, 0.6) is 0 Å². The van der Waals surface area contributed by atoms with Gasteiger partial charge >= 0.3 is 0 Å². The largest absolute Gasteiger partial charge is 0.366 e. The van der Waals surface area contributed by atoms with E-state index in [-0.39, 0.29) is 28.9 Å². The SMILES string of the molecule is NC(=O)c1ccc(N2CCN(C(c3ccc(F)cc3)c3ccc(F)cc3)CC2)c([N+](=O)[O-])c1. The number of halogens is 2. The minimum absolute atomic E-state index is 0.0803. The van der Waals surface area contributed by atoms with Gasteiger partial charge < -0.3 is 10.6 Å². The number of nitro benzene ring substituents is 1. The van der Waals surface area contributed by atoms with Gasteiger partial charge in [0.05, 0.1) is 11.0 Å². The van der Waals surface area contributed by atoms with Crippen LogP contribution >= 0.6 is 0 Å². The number of rotatable bonds is 6. The summed E-state index contributed by atoms with van der Waals surface area (Å²) in [6.45, 7) is 2.12. The molecule has 0 saturated carbocycles. The Hall–Kier alpha value is -3.85. The molecule has 170 valence electrons. The predicted molar refractivity (Wildman–Crippen MR) is 120 cm³/mol. The van der Waals surface area contributed by atoms with Crippen LogP contribution in [0.25, 0.3) is 0 Å². The fourth-order valence-corrected chi connectivity index (χ4v) is 4.22. The minimum Gasteiger partial charge on any atom is -0.366 e. The Morgan fingerprint density at radius 3 is 1.85 bits per heavy atom. The highest BCUT2D eigenvalue weighted by atomic mass is 19.1. The molecule has 33 heavy (non-hydrogen) atoms. The van der Waals surface area contributed by atoms with Crippen molar-refractivity contribution in [2.45, 2.75) is 6.04 Å². The van der Waals surface area contributed by atoms with Crippen LogP contribution in [0.4, 0.5) is 20.2 Å². The third-order valence-corrected chi connectivity index (χ3v) is 5.85. The molecule has 0 spiro atoms. The molecule has 1 aliphatic heterocycles. The Morgan fingerprint density at radius 1 is 0.879 bits per heavy atom. The fourth-order valence-electron chi connectivity index (χ4n) is 4.22. The van der Waals surface area contributed by atoms with Crippen LogP contribution in [0.2, 0.25) is 0 Å². The standard InChI is InChI=1S/C24H22F2N4O3/c25-19-6-1-16(2-7-19)23(17-3-8-20(26)9-4-17)29-13-11-28(12-14-29)21-10-5-18(24(27)31)15-22(21)30(32)33/h1-10,15,23H,11-14H2,(H2,27,31). The van der Waals surface area contributed by atoms with Crippen molar-refractivity contribution in [3.63, 3.8) is 0 Å². The van der Waals surface area contributed by atoms with Crippen molar-refractivity contribution >= 4 is 17.3 Å². The summed E-state index contributed by atoms with van der Waals surface area (Å²) in [5.41, 5.74) is 7.33. The van der Waals surface area contributed by atoms with E-state index in [2.05, 4.69) is 4.90 Å². The predicted octanol–water partition coefficient (Wildman–Crippen LogP) is 3.88. The summed E-state index contributed by atoms with van der Waals surface area (Å²) in [6, 6.07) is 16.4. The van der Waals surface area contributed by atoms with Gasteiger partial charge in [-0.25, -0.2) is 8.78 Å². The molecule has 1 amide bonds. The third-order valence-electron chi connectivity index (χ3n) is 5.85. The second-order valence-corrected chi connectivity index (χ2v) is 7.85. The molecule has 1 saturated heterocycles. The first-order valence-corrected chi connectivity index (χ1v) is 10.4. The monoisotopic (exact) mass is 452 g/mol. The lowest BCUT2D eigenvalue weighted by Gasteiger charge is -2.40. The second kappa shape index (κ2) is 9.33. The average Bonchev–Trinajstić information content (AvgIpc) is 2.81. The molecule has 0 unspecified atom stereocenters. The molecule has 4 rings (SSSR count). The van der Waals surface area contributed by atoms with Gasteiger partial charge in [0.2, 0.25) is 5.91 Å². The number of nitrogens with zero attached hydrogens (tertiary/aromatic N) is 3. The number of hydrogen-bond donors (Lipinski definition) is 1. The Kier molecular flexibility index (Phi) is 6.32. The van der Waals surface area contributed by atoms with Crippen molar-refractivity contribution in [1.29, 1.82) is 0 Å². The molecular formula is C24H22F2N4O3. The van der Waals surface area contributed by atoms with Gasteiger partial charge in [0.25, 0.3) is 5.69 Å². The van der Waals surface area contributed by atoms with Crippen LogP contribution in [-0.2, 0) is 0 Å². The van der Waals surface area contributed by atoms with Crippen LogP contribution in [-0.4, -0.2) is 41.9 Å². The van der Waals surface area contributed by atoms with E-state index < -0.39 is 10.8 Å². The number of anilines is 1. The maximum Gasteiger partial charge on any atom is 0.293 e. The van der Waals surface area contributed by atoms with Crippen molar-refractivity contribution in [3.8, 4) is 0 Å². The van der Waals surface area contributed by atoms with E-state index >= 15 is 0 Å². The van der Waals surface area contributed by atoms with Crippen LogP contribution in [0, 0.1) is 21.7 Å². The van der Waals surface area contributed by atoms with Crippen molar-refractivity contribution < 1.29 is 18.5 Å². The van der Waals surface area contributed by atoms with Gasteiger partial charge in [-0.1, -0.05) is 24.3 Å². The summed E-state index contributed by atoms with van der Waals surface area (Å²) >= 11 is 0. The number of piperazine rings is 1. The van der Waals surface area contributed by atoms with Crippen LogP contribution in [0.3, 0.4) is 0 Å². The van der Waals surface area contributed by atoms with Crippen molar-refractivity contribution in [3.05, 3.63) is 105 Å². The van der Waals surface area contributed by atoms with Crippen molar-refractivity contribution in [1.82, 2.24) is 4.90 Å². The first-order valence-electron chi connectivity index (χ1n) is 10.4. The lowest BCUT2D eigenvalue weighted by atomic mass is 9.96. The smallest absolute Gasteiger partial charge is 0.293 e. The number of carbonyl (C=O) groups is 1. The topological polar surface area (TPSA) is 92.7 Å². The van der Waals surface area contributed by atoms with E-state index in [0.29, 0.717) is 31.9 Å². The van der Waals surface area contributed by atoms with E-state index in [0.717, 1.165) is 11.1 Å². The van der Waals surface area contributed by atoms with Gasteiger partial charge in [-0.15, -0.1) is 0 Å². The number of carbonyl (C=O) groups excluding carboxylic acids is 1. The first-order chi connectivity index (χ1) is 15.8. The number of nitro groups is 1. The number of nitrogens with two attached hydrogens (primary N) is 1. The molecule has 1 aliphatic rings. The van der Waals surface area contributed by atoms with Gasteiger partial charge in [0, 0.05) is 37.8 Å². The molecule has 0 radical (unpaired) electrons. The highest BCUT2D eigenvalue weighted by molar-refractivity contribution is 5.94. The zero-order valence-electron chi connectivity index (χ0n) is 17.7. The molecule has 0 aliphatic carbocycles. The summed E-state index contributed by atoms with van der Waals surface area (Å²) in [6.07, 6.45) is 0. The highest BCUT2D eigenvalue weighted by Crippen LogP contribution is 2.33. The Morgan fingerprint density at radius 2 is 1.39 bits per heavy atom. The summed E-state index contributed by atoms with van der Waals surface area (Å²) < 4.78 is 27.0. The molecule has 2 N–H and O–H groups in total. The van der Waals surface area contributed by atoms with Gasteiger partial charge in [-0.05, 0) is 47.5 Å². The van der Waals surface area contributed by atoms with Gasteiger partial charge in [-0.3, -0.25) is 19.8 Å². The molecule has 7 nitrogen and oxygen atoms in total. The van der Waals surface area contributed by atoms with Crippen LogP contribution in [0.15, 0.2) is 66.7 Å². The van der Waals surface area contributed by atoms with Gasteiger partial charge in [0.15, 0.2) is 0 Å². The lowest BCUT2D eigenvalue weighted by molar-refractivity contribution is -0.384. The van der Waals surface area contributed by atoms with E-state index in [1.807, 2.05) is 4.90 Å². The Balaban J connectivity index is 1.59. The number of benzene rings is 3. The maximum absolute atomic E-state index is 13.5. The van der Waals surface area contributed by atoms with Crippen molar-refractivity contribution in [2.24, 2.45) is 5.73 Å². The molecule has 0 aromatic heterocycles. The quantitative estimate of drug-likeness (QED) is 0.453. The molecule has 3 aromatic rings. The molecule has 1 fully saturated rings. The Labute approximate surface area is 189 Å². The zero-order valence-corrected chi connectivity index (χ0v) is 17.7. The summed E-state index contributed by atoms with van der Waals surface area (Å²) in [4.78, 5) is 26.6. The highest BCUT2D eigenvalue weighted by Gasteiger charge is 2.29. The number of hydrogen-bond acceptors (Lipinski definition) is 5. The Bertz CT molecular complexity index is 1120. The molecule has 3 aromatic carbocycles. The molecule has 0 atom stereocenters. The second-order valence-electron chi connectivity index (χ2n) is 7.85. The van der Waals surface area contributed by atoms with E-state index in [1.165, 1.54) is 36.4 Å². The summed E-state index contributed by atoms with van der Waals surface area (Å²) in [5, 5.41) is 11.6. The summed E-state index contributed by atoms with van der Waals surface area (Å²) in [7, 11) is 0. The molecule has 1 heterocycles. The first kappa shape index (κ1) is 22.3. The number of primary amides is 1. The van der Waals surface area contributed by atoms with Crippen LogP contribution in [0.1, 0.15) is 27.5 Å². The minimum atomic E-state index is -0.726. The number of amides is 1. The normalized spacial score (nSPS) is 14.5. The maximum atomic E-state index is 13.5. The van der Waals surface area contributed by atoms with E-state index in [9.17, 15) is 23.7 Å². The molecule has 0 bridgehead atoms. The van der Waals surface area contributed by atoms with Crippen molar-refractivity contribution in [2.75, 3.05) is 31.1 Å². The van der Waals surface area contributed by atoms with Crippen LogP contribution < -0.4 is 10.6 Å². The summed E-state index contributed by atoms with van der Waals surface area (Å²) in [5.74, 6) is -1.41. The third kappa shape index (κ3) is 4.83. The lowest BCUT2D eigenvalue weighted by Crippen LogP contribution is -2.48. The van der Waals surface area contributed by atoms with Gasteiger partial charge in [0.1, 0.15) is 17.3 Å². The van der Waals surface area contributed by atoms with Gasteiger partial charge in [-0.2, -0.15) is 0 Å². The molecular weight excluding hydrogens is 430 g/mol.